The van der Waals surface area contributed by atoms with Gasteiger partial charge in [-0.15, -0.1) is 0 Å². The second-order valence-electron chi connectivity index (χ2n) is 7.76. The Morgan fingerprint density at radius 2 is 1.81 bits per heavy atom. The van der Waals surface area contributed by atoms with Crippen molar-refractivity contribution >= 4 is 30.1 Å². The maximum absolute atomic E-state index is 13.1. The van der Waals surface area contributed by atoms with E-state index in [0.29, 0.717) is 5.69 Å². The lowest BCUT2D eigenvalue weighted by Gasteiger charge is -2.31. The van der Waals surface area contributed by atoms with E-state index in [1.807, 2.05) is 6.07 Å². The number of aliphatic imine (C=N–C) groups is 1. The molecule has 10 heteroatoms. The Hall–Kier alpha value is -4.08. The van der Waals surface area contributed by atoms with Gasteiger partial charge in [-0.2, -0.15) is 0 Å². The van der Waals surface area contributed by atoms with Crippen molar-refractivity contribution in [2.75, 3.05) is 0 Å². The highest BCUT2D eigenvalue weighted by molar-refractivity contribution is 5.84. The first-order valence-electron chi connectivity index (χ1n) is 9.76. The normalized spacial score (nSPS) is 11.6. The molecule has 170 valence electrons. The van der Waals surface area contributed by atoms with Crippen molar-refractivity contribution in [2.45, 2.75) is 38.8 Å². The molecule has 2 amide bonds. The summed E-state index contributed by atoms with van der Waals surface area (Å²) in [7, 11) is 0. The number of nitrogens with one attached hydrogen (secondary N) is 1. The molecule has 0 heterocycles. The number of amides is 2. The Morgan fingerprint density at radius 3 is 2.41 bits per heavy atom. The van der Waals surface area contributed by atoms with Crippen molar-refractivity contribution < 1.29 is 23.9 Å². The SMILES string of the molecule is CC(C)(C)OC(=O)N(NC=O)[C@@H](Cc1ccccc1)C(=O)Oc1cccc(N=C(N)N)c1. The maximum atomic E-state index is 13.1. The summed E-state index contributed by atoms with van der Waals surface area (Å²) in [6.07, 6.45) is -0.557. The standard InChI is InChI=1S/C22H27N5O5/c1-22(2,3)32-21(30)27(25-14-28)18(12-15-8-5-4-6-9-15)19(29)31-17-11-7-10-16(13-17)26-20(23)24/h4-11,13-14,18H,12H2,1-3H3,(H,25,28)(H4,23,24,26)/t18-/m0/s1. The third kappa shape index (κ3) is 7.63. The van der Waals surface area contributed by atoms with Gasteiger partial charge in [0.1, 0.15) is 11.4 Å². The molecule has 0 aromatic heterocycles. The van der Waals surface area contributed by atoms with Gasteiger partial charge < -0.3 is 20.9 Å². The van der Waals surface area contributed by atoms with E-state index in [9.17, 15) is 14.4 Å². The van der Waals surface area contributed by atoms with Crippen LogP contribution >= 0.6 is 0 Å². The molecule has 32 heavy (non-hydrogen) atoms. The topological polar surface area (TPSA) is 149 Å². The molecule has 0 spiro atoms. The summed E-state index contributed by atoms with van der Waals surface area (Å²) in [6.45, 7) is 5.01. The van der Waals surface area contributed by atoms with Gasteiger partial charge in [-0.05, 0) is 38.5 Å². The molecule has 0 aliphatic heterocycles. The predicted octanol–water partition coefficient (Wildman–Crippen LogP) is 2.01. The second-order valence-corrected chi connectivity index (χ2v) is 7.76. The lowest BCUT2D eigenvalue weighted by molar-refractivity contribution is -0.142. The van der Waals surface area contributed by atoms with E-state index in [0.717, 1.165) is 10.6 Å². The summed E-state index contributed by atoms with van der Waals surface area (Å²) < 4.78 is 10.8. The van der Waals surface area contributed by atoms with Crippen molar-refractivity contribution in [2.24, 2.45) is 16.5 Å². The predicted molar refractivity (Wildman–Crippen MR) is 119 cm³/mol. The summed E-state index contributed by atoms with van der Waals surface area (Å²) in [6, 6.07) is 14.0. The fourth-order valence-electron chi connectivity index (χ4n) is 2.70. The minimum atomic E-state index is -1.22. The zero-order valence-corrected chi connectivity index (χ0v) is 18.1. The number of carbonyl (C=O) groups excluding carboxylic acids is 3. The van der Waals surface area contributed by atoms with Crippen LogP contribution in [0.3, 0.4) is 0 Å². The molecule has 0 saturated carbocycles. The number of nitrogens with zero attached hydrogens (tertiary/aromatic N) is 2. The second kappa shape index (κ2) is 10.8. The van der Waals surface area contributed by atoms with Gasteiger partial charge in [0.2, 0.25) is 6.41 Å². The molecule has 0 saturated heterocycles. The van der Waals surface area contributed by atoms with E-state index < -0.39 is 23.7 Å². The van der Waals surface area contributed by atoms with Crippen LogP contribution in [-0.2, 0) is 20.7 Å². The molecular formula is C22H27N5O5. The van der Waals surface area contributed by atoms with Crippen LogP contribution in [-0.4, -0.2) is 41.1 Å². The summed E-state index contributed by atoms with van der Waals surface area (Å²) in [5, 5.41) is 0.813. The highest BCUT2D eigenvalue weighted by atomic mass is 16.6. The first-order chi connectivity index (χ1) is 15.1. The number of hydrogen-bond donors (Lipinski definition) is 3. The monoisotopic (exact) mass is 441 g/mol. The van der Waals surface area contributed by atoms with Crippen LogP contribution in [0.1, 0.15) is 26.3 Å². The molecular weight excluding hydrogens is 414 g/mol. The number of benzene rings is 2. The summed E-state index contributed by atoms with van der Waals surface area (Å²) >= 11 is 0. The third-order valence-corrected chi connectivity index (χ3v) is 3.93. The van der Waals surface area contributed by atoms with Crippen molar-refractivity contribution in [3.8, 4) is 5.75 Å². The van der Waals surface area contributed by atoms with Crippen LogP contribution in [0, 0.1) is 0 Å². The number of hydrogen-bond acceptors (Lipinski definition) is 6. The van der Waals surface area contributed by atoms with Gasteiger partial charge in [-0.1, -0.05) is 36.4 Å². The maximum Gasteiger partial charge on any atom is 0.430 e. The number of ether oxygens (including phenoxy) is 2. The quantitative estimate of drug-likeness (QED) is 0.142. The number of esters is 1. The van der Waals surface area contributed by atoms with E-state index in [1.54, 1.807) is 57.2 Å². The number of hydrazine groups is 1. The molecule has 5 N–H and O–H groups in total. The molecule has 0 unspecified atom stereocenters. The fraction of sp³-hybridized carbons (Fsp3) is 0.273. The first-order valence-corrected chi connectivity index (χ1v) is 9.76. The van der Waals surface area contributed by atoms with E-state index in [2.05, 4.69) is 10.4 Å². The largest absolute Gasteiger partial charge is 0.442 e. The molecule has 1 atom stereocenters. The average Bonchev–Trinajstić information content (AvgIpc) is 2.69. The number of carbonyl (C=O) groups is 3. The minimum absolute atomic E-state index is 0.0628. The summed E-state index contributed by atoms with van der Waals surface area (Å²) in [4.78, 5) is 41.0. The van der Waals surface area contributed by atoms with Crippen LogP contribution in [0.4, 0.5) is 10.5 Å². The number of nitrogens with two attached hydrogens (primary N) is 2. The van der Waals surface area contributed by atoms with Crippen molar-refractivity contribution in [1.82, 2.24) is 10.4 Å². The van der Waals surface area contributed by atoms with Crippen molar-refractivity contribution in [1.29, 1.82) is 0 Å². The number of guanidine groups is 1. The van der Waals surface area contributed by atoms with Gasteiger partial charge in [0.05, 0.1) is 5.69 Å². The fourth-order valence-corrected chi connectivity index (χ4v) is 2.70. The summed E-state index contributed by atoms with van der Waals surface area (Å²) in [5.74, 6) is -0.788. The van der Waals surface area contributed by atoms with Gasteiger partial charge >= 0.3 is 12.1 Å². The highest BCUT2D eigenvalue weighted by Crippen LogP contribution is 2.22. The Bertz CT molecular complexity index is 968. The van der Waals surface area contributed by atoms with Gasteiger partial charge in [0, 0.05) is 12.5 Å². The van der Waals surface area contributed by atoms with E-state index in [-0.39, 0.29) is 24.5 Å². The number of rotatable bonds is 8. The van der Waals surface area contributed by atoms with Gasteiger partial charge in [0.25, 0.3) is 0 Å². The summed E-state index contributed by atoms with van der Waals surface area (Å²) in [5.41, 5.74) is 13.3. The van der Waals surface area contributed by atoms with Crippen molar-refractivity contribution in [3.05, 3.63) is 60.2 Å². The first kappa shape index (κ1) is 24.2. The minimum Gasteiger partial charge on any atom is -0.442 e. The van der Waals surface area contributed by atoms with E-state index in [1.165, 1.54) is 12.1 Å². The zero-order valence-electron chi connectivity index (χ0n) is 18.1. The van der Waals surface area contributed by atoms with Crippen molar-refractivity contribution in [3.63, 3.8) is 0 Å². The molecule has 0 radical (unpaired) electrons. The molecule has 0 aliphatic rings. The van der Waals surface area contributed by atoms with Crippen LogP contribution in [0.5, 0.6) is 5.75 Å². The molecule has 2 aromatic carbocycles. The smallest absolute Gasteiger partial charge is 0.430 e. The zero-order chi connectivity index (χ0) is 23.7. The molecule has 2 rings (SSSR count). The highest BCUT2D eigenvalue weighted by Gasteiger charge is 2.35. The average molecular weight is 441 g/mol. The molecule has 0 aliphatic carbocycles. The third-order valence-electron chi connectivity index (χ3n) is 3.93. The van der Waals surface area contributed by atoms with Crippen LogP contribution in [0.25, 0.3) is 0 Å². The van der Waals surface area contributed by atoms with Gasteiger partial charge in [0.15, 0.2) is 12.0 Å². The Kier molecular flexibility index (Phi) is 8.17. The van der Waals surface area contributed by atoms with E-state index in [4.69, 9.17) is 20.9 Å². The molecule has 0 fully saturated rings. The molecule has 10 nitrogen and oxygen atoms in total. The van der Waals surface area contributed by atoms with Crippen LogP contribution < -0.4 is 21.6 Å². The van der Waals surface area contributed by atoms with E-state index >= 15 is 0 Å². The van der Waals surface area contributed by atoms with Crippen LogP contribution in [0.15, 0.2) is 59.6 Å². The van der Waals surface area contributed by atoms with Crippen LogP contribution in [0.2, 0.25) is 0 Å². The molecule has 0 bridgehead atoms. The lowest BCUT2D eigenvalue weighted by atomic mass is 10.1. The van der Waals surface area contributed by atoms with Gasteiger partial charge in [-0.3, -0.25) is 10.2 Å². The lowest BCUT2D eigenvalue weighted by Crippen LogP contribution is -2.55. The van der Waals surface area contributed by atoms with Gasteiger partial charge in [-0.25, -0.2) is 19.6 Å². The molecule has 2 aromatic rings. The Labute approximate surface area is 186 Å². The Morgan fingerprint density at radius 1 is 1.12 bits per heavy atom. The Balaban J connectivity index is 2.36.